The molecule has 4 heterocycles. The third kappa shape index (κ3) is 3.57. The number of fused-ring (bicyclic) bond motifs is 2. The highest BCUT2D eigenvalue weighted by molar-refractivity contribution is 5.85. The molecule has 1 aromatic carbocycles. The number of anilines is 1. The molecule has 6 nitrogen and oxygen atoms in total. The Balaban J connectivity index is 1.35. The molecule has 34 heavy (non-hydrogen) atoms. The normalized spacial score (nSPS) is 13.8. The molecular weight excluding hydrogens is 441 g/mol. The van der Waals surface area contributed by atoms with Crippen LogP contribution in [-0.2, 0) is 6.42 Å². The average molecular weight is 462 g/mol. The molecule has 1 saturated carbocycles. The van der Waals surface area contributed by atoms with Crippen molar-refractivity contribution in [3.05, 3.63) is 77.1 Å². The first-order valence-corrected chi connectivity index (χ1v) is 11.2. The number of benzene rings is 1. The van der Waals surface area contributed by atoms with E-state index in [0.717, 1.165) is 47.6 Å². The van der Waals surface area contributed by atoms with Gasteiger partial charge in [0.25, 0.3) is 0 Å². The molecule has 0 unspecified atom stereocenters. The minimum absolute atomic E-state index is 0.308. The van der Waals surface area contributed by atoms with Crippen molar-refractivity contribution in [2.45, 2.75) is 32.1 Å². The summed E-state index contributed by atoms with van der Waals surface area (Å²) in [6.45, 7) is 2.34. The molecule has 0 saturated heterocycles. The molecule has 9 heteroatoms. The van der Waals surface area contributed by atoms with Crippen molar-refractivity contribution in [3.63, 3.8) is 0 Å². The molecule has 6 rings (SSSR count). The quantitative estimate of drug-likeness (QED) is 0.348. The number of H-pyrrole nitrogens is 1. The van der Waals surface area contributed by atoms with Crippen LogP contribution in [0, 0.1) is 24.4 Å². The van der Waals surface area contributed by atoms with Crippen LogP contribution < -0.4 is 5.32 Å². The van der Waals surface area contributed by atoms with Crippen LogP contribution in [0.1, 0.15) is 35.6 Å². The average Bonchev–Trinajstić information content (AvgIpc) is 3.48. The minimum Gasteiger partial charge on any atom is -0.370 e. The van der Waals surface area contributed by atoms with Gasteiger partial charge in [-0.25, -0.2) is 18.2 Å². The summed E-state index contributed by atoms with van der Waals surface area (Å²) in [6, 6.07) is 5.45. The smallest absolute Gasteiger partial charge is 0.161 e. The number of pyridine rings is 1. The van der Waals surface area contributed by atoms with Gasteiger partial charge >= 0.3 is 0 Å². The third-order valence-electron chi connectivity index (χ3n) is 6.34. The number of rotatable bonds is 6. The lowest BCUT2D eigenvalue weighted by Gasteiger charge is -2.12. The Hall–Kier alpha value is -3.88. The zero-order valence-electron chi connectivity index (χ0n) is 18.4. The molecule has 1 fully saturated rings. The van der Waals surface area contributed by atoms with Crippen LogP contribution in [0.3, 0.4) is 0 Å². The highest BCUT2D eigenvalue weighted by Crippen LogP contribution is 2.42. The molecule has 2 N–H and O–H groups in total. The summed E-state index contributed by atoms with van der Waals surface area (Å²) in [4.78, 5) is 11.7. The van der Waals surface area contributed by atoms with Crippen molar-refractivity contribution in [3.8, 4) is 11.3 Å². The predicted octanol–water partition coefficient (Wildman–Crippen LogP) is 5.53. The molecule has 0 spiro atoms. The van der Waals surface area contributed by atoms with Crippen molar-refractivity contribution in [1.82, 2.24) is 24.6 Å². The molecule has 1 aliphatic rings. The summed E-state index contributed by atoms with van der Waals surface area (Å²) in [5.41, 5.74) is 4.93. The number of nitrogens with zero attached hydrogens (tertiary/aromatic N) is 4. The van der Waals surface area contributed by atoms with Gasteiger partial charge in [-0.15, -0.1) is 0 Å². The van der Waals surface area contributed by atoms with E-state index in [-0.39, 0.29) is 0 Å². The first-order valence-electron chi connectivity index (χ1n) is 11.2. The molecule has 172 valence electrons. The number of halogens is 3. The molecule has 0 atom stereocenters. The molecule has 0 aliphatic heterocycles. The third-order valence-corrected chi connectivity index (χ3v) is 6.34. The molecule has 5 aromatic rings. The Bertz CT molecular complexity index is 1550. The predicted molar refractivity (Wildman–Crippen MR) is 123 cm³/mol. The van der Waals surface area contributed by atoms with Gasteiger partial charge in [-0.05, 0) is 49.8 Å². The molecule has 1 aliphatic carbocycles. The number of aromatic nitrogens is 5. The lowest BCUT2D eigenvalue weighted by Crippen LogP contribution is -2.10. The van der Waals surface area contributed by atoms with E-state index >= 15 is 0 Å². The maximum Gasteiger partial charge on any atom is 0.161 e. The highest BCUT2D eigenvalue weighted by Gasteiger charge is 2.28. The monoisotopic (exact) mass is 462 g/mol. The van der Waals surface area contributed by atoms with Gasteiger partial charge in [0.15, 0.2) is 5.65 Å². The Kier molecular flexibility index (Phi) is 4.79. The van der Waals surface area contributed by atoms with E-state index in [4.69, 9.17) is 4.98 Å². The molecular formula is C25H21F3N6. The topological polar surface area (TPSA) is 70.9 Å². The van der Waals surface area contributed by atoms with Gasteiger partial charge in [0, 0.05) is 47.1 Å². The van der Waals surface area contributed by atoms with Crippen molar-refractivity contribution in [1.29, 1.82) is 0 Å². The second kappa shape index (κ2) is 7.86. The highest BCUT2D eigenvalue weighted by atomic mass is 19.1. The number of aryl methyl sites for hydroxylation is 1. The maximum atomic E-state index is 14.2. The largest absolute Gasteiger partial charge is 0.370 e. The second-order valence-electron chi connectivity index (χ2n) is 8.74. The lowest BCUT2D eigenvalue weighted by molar-refractivity contribution is 0.591. The maximum absolute atomic E-state index is 14.2. The van der Waals surface area contributed by atoms with Gasteiger partial charge in [0.1, 0.15) is 23.3 Å². The lowest BCUT2D eigenvalue weighted by atomic mass is 10.1. The zero-order chi connectivity index (χ0) is 23.4. The van der Waals surface area contributed by atoms with Crippen molar-refractivity contribution < 1.29 is 13.2 Å². The van der Waals surface area contributed by atoms with E-state index in [1.807, 2.05) is 19.2 Å². The summed E-state index contributed by atoms with van der Waals surface area (Å²) in [5.74, 6) is -0.500. The fourth-order valence-electron chi connectivity index (χ4n) is 4.53. The zero-order valence-corrected chi connectivity index (χ0v) is 18.4. The van der Waals surface area contributed by atoms with Gasteiger partial charge in [0.05, 0.1) is 23.6 Å². The van der Waals surface area contributed by atoms with Crippen molar-refractivity contribution in [2.24, 2.45) is 0 Å². The Labute approximate surface area is 192 Å². The summed E-state index contributed by atoms with van der Waals surface area (Å²) in [5, 5.41) is 8.46. The van der Waals surface area contributed by atoms with Gasteiger partial charge in [-0.1, -0.05) is 0 Å². The van der Waals surface area contributed by atoms with Crippen LogP contribution in [0.25, 0.3) is 27.8 Å². The number of hydrogen-bond acceptors (Lipinski definition) is 4. The van der Waals surface area contributed by atoms with E-state index < -0.39 is 17.5 Å². The Morgan fingerprint density at radius 1 is 1.06 bits per heavy atom. The summed E-state index contributed by atoms with van der Waals surface area (Å²) in [7, 11) is 0. The van der Waals surface area contributed by atoms with E-state index in [1.165, 1.54) is 12.1 Å². The van der Waals surface area contributed by atoms with Crippen LogP contribution in [-0.4, -0.2) is 31.1 Å². The SMILES string of the molecule is Cc1[nH]c2c(F)cc(F)cc2c1CCNc1cc(-c2cncc(F)c2)nc2c(C3CC3)cnn12. The molecule has 0 bridgehead atoms. The first kappa shape index (κ1) is 20.7. The van der Waals surface area contributed by atoms with Crippen molar-refractivity contribution in [2.75, 3.05) is 11.9 Å². The summed E-state index contributed by atoms with van der Waals surface area (Å²) < 4.78 is 43.6. The first-order chi connectivity index (χ1) is 16.5. The summed E-state index contributed by atoms with van der Waals surface area (Å²) >= 11 is 0. The standard InChI is InChI=1S/C25H21F3N6/c1-13-18(19-7-16(26)8-21(28)24(19)32-13)4-5-30-23-9-22(15-6-17(27)11-29-10-15)33-25-20(14-2-3-14)12-31-34(23)25/h6-12,14,30,32H,2-5H2,1H3. The van der Waals surface area contributed by atoms with Crippen LogP contribution in [0.4, 0.5) is 19.0 Å². The molecule has 4 aromatic heterocycles. The molecule has 0 radical (unpaired) electrons. The van der Waals surface area contributed by atoms with Gasteiger partial charge < -0.3 is 10.3 Å². The van der Waals surface area contributed by atoms with E-state index in [1.54, 1.807) is 10.7 Å². The fourth-order valence-corrected chi connectivity index (χ4v) is 4.53. The van der Waals surface area contributed by atoms with Gasteiger partial charge in [-0.3, -0.25) is 4.98 Å². The number of nitrogens with one attached hydrogen (secondary N) is 2. The molecule has 0 amide bonds. The minimum atomic E-state index is -0.606. The Morgan fingerprint density at radius 2 is 1.91 bits per heavy atom. The Morgan fingerprint density at radius 3 is 2.71 bits per heavy atom. The van der Waals surface area contributed by atoms with Gasteiger partial charge in [0.2, 0.25) is 0 Å². The summed E-state index contributed by atoms with van der Waals surface area (Å²) in [6.07, 6.45) is 7.32. The van der Waals surface area contributed by atoms with Crippen LogP contribution >= 0.6 is 0 Å². The van der Waals surface area contributed by atoms with E-state index in [2.05, 4.69) is 20.4 Å². The van der Waals surface area contributed by atoms with Crippen LogP contribution in [0.5, 0.6) is 0 Å². The van der Waals surface area contributed by atoms with Crippen LogP contribution in [0.2, 0.25) is 0 Å². The fraction of sp³-hybridized carbons (Fsp3) is 0.240. The van der Waals surface area contributed by atoms with Gasteiger partial charge in [-0.2, -0.15) is 9.61 Å². The van der Waals surface area contributed by atoms with Crippen molar-refractivity contribution >= 4 is 22.4 Å². The number of hydrogen-bond donors (Lipinski definition) is 2. The van der Waals surface area contributed by atoms with E-state index in [9.17, 15) is 13.2 Å². The second-order valence-corrected chi connectivity index (χ2v) is 8.74. The van der Waals surface area contributed by atoms with Crippen LogP contribution in [0.15, 0.2) is 42.9 Å². The van der Waals surface area contributed by atoms with E-state index in [0.29, 0.717) is 46.9 Å². The number of aromatic amines is 1.